The first-order chi connectivity index (χ1) is 10.2. The van der Waals surface area contributed by atoms with Gasteiger partial charge in [-0.3, -0.25) is 9.69 Å². The highest BCUT2D eigenvalue weighted by Gasteiger charge is 2.29. The number of carbonyl (C=O) groups excluding carboxylic acids is 1. The zero-order chi connectivity index (χ0) is 14.8. The Labute approximate surface area is 124 Å². The number of likely N-dealkylation sites (N-methyl/N-ethyl adjacent to an activating group) is 1. The second-order valence-corrected chi connectivity index (χ2v) is 5.44. The highest BCUT2D eigenvalue weighted by molar-refractivity contribution is 5.83. The topological polar surface area (TPSA) is 57.5 Å². The van der Waals surface area contributed by atoms with Gasteiger partial charge in [0.05, 0.1) is 0 Å². The summed E-state index contributed by atoms with van der Waals surface area (Å²) in [7, 11) is 1.69. The monoisotopic (exact) mass is 287 g/mol. The van der Waals surface area contributed by atoms with Crippen LogP contribution < -0.4 is 10.6 Å². The largest absolute Gasteiger partial charge is 0.461 e. The molecule has 112 valence electrons. The molecule has 0 spiro atoms. The van der Waals surface area contributed by atoms with Crippen LogP contribution in [-0.2, 0) is 11.3 Å². The molecule has 1 aromatic heterocycles. The average Bonchev–Trinajstić information content (AvgIpc) is 2.83. The third kappa shape index (κ3) is 2.66. The molecule has 3 rings (SSSR count). The minimum Gasteiger partial charge on any atom is -0.461 e. The van der Waals surface area contributed by atoms with Gasteiger partial charge in [-0.05, 0) is 13.0 Å². The molecule has 0 bridgehead atoms. The first kappa shape index (κ1) is 14.1. The van der Waals surface area contributed by atoms with E-state index < -0.39 is 0 Å². The van der Waals surface area contributed by atoms with Crippen LogP contribution in [0.2, 0.25) is 0 Å². The van der Waals surface area contributed by atoms with E-state index >= 15 is 0 Å². The molecule has 5 heteroatoms. The van der Waals surface area contributed by atoms with E-state index in [1.54, 1.807) is 7.05 Å². The summed E-state index contributed by atoms with van der Waals surface area (Å²) in [5.41, 5.74) is 2.10. The standard InChI is InChI=1S/C16H21N3O2/c1-11-13(12-5-3-4-6-15(12)21-11)10-19-8-7-18-9-14(19)16(20)17-2/h3-6,14,18H,7-10H2,1-2H3,(H,17,20). The highest BCUT2D eigenvalue weighted by atomic mass is 16.3. The van der Waals surface area contributed by atoms with Crippen molar-refractivity contribution in [2.24, 2.45) is 0 Å². The molecule has 1 aromatic carbocycles. The van der Waals surface area contributed by atoms with Crippen LogP contribution in [-0.4, -0.2) is 43.5 Å². The Kier molecular flexibility index (Phi) is 3.94. The number of carbonyl (C=O) groups is 1. The van der Waals surface area contributed by atoms with Crippen LogP contribution in [0.1, 0.15) is 11.3 Å². The van der Waals surface area contributed by atoms with E-state index in [1.165, 1.54) is 5.56 Å². The van der Waals surface area contributed by atoms with Gasteiger partial charge in [0, 0.05) is 44.2 Å². The quantitative estimate of drug-likeness (QED) is 0.892. The van der Waals surface area contributed by atoms with Crippen molar-refractivity contribution in [3.05, 3.63) is 35.6 Å². The number of nitrogens with zero attached hydrogens (tertiary/aromatic N) is 1. The van der Waals surface area contributed by atoms with Crippen LogP contribution in [0.25, 0.3) is 11.0 Å². The highest BCUT2D eigenvalue weighted by Crippen LogP contribution is 2.27. The van der Waals surface area contributed by atoms with Gasteiger partial charge in [0.2, 0.25) is 5.91 Å². The van der Waals surface area contributed by atoms with E-state index in [-0.39, 0.29) is 11.9 Å². The maximum absolute atomic E-state index is 12.0. The van der Waals surface area contributed by atoms with Crippen molar-refractivity contribution in [1.29, 1.82) is 0 Å². The third-order valence-corrected chi connectivity index (χ3v) is 4.16. The number of hydrogen-bond donors (Lipinski definition) is 2. The fraction of sp³-hybridized carbons (Fsp3) is 0.438. The number of nitrogens with one attached hydrogen (secondary N) is 2. The minimum atomic E-state index is -0.128. The van der Waals surface area contributed by atoms with E-state index in [0.717, 1.165) is 36.4 Å². The van der Waals surface area contributed by atoms with Gasteiger partial charge in [0.15, 0.2) is 0 Å². The Morgan fingerprint density at radius 2 is 2.29 bits per heavy atom. The molecule has 2 aromatic rings. The normalized spacial score (nSPS) is 19.8. The summed E-state index contributed by atoms with van der Waals surface area (Å²) in [6.07, 6.45) is 0. The molecule has 0 radical (unpaired) electrons. The van der Waals surface area contributed by atoms with Crippen LogP contribution >= 0.6 is 0 Å². The minimum absolute atomic E-state index is 0.0626. The summed E-state index contributed by atoms with van der Waals surface area (Å²) < 4.78 is 5.82. The number of para-hydroxylation sites is 1. The Hall–Kier alpha value is -1.85. The van der Waals surface area contributed by atoms with Crippen molar-refractivity contribution in [2.45, 2.75) is 19.5 Å². The second kappa shape index (κ2) is 5.87. The molecule has 1 aliphatic heterocycles. The number of rotatable bonds is 3. The fourth-order valence-electron chi connectivity index (χ4n) is 2.98. The molecule has 5 nitrogen and oxygen atoms in total. The lowest BCUT2D eigenvalue weighted by molar-refractivity contribution is -0.126. The first-order valence-corrected chi connectivity index (χ1v) is 7.34. The summed E-state index contributed by atoms with van der Waals surface area (Å²) in [6.45, 7) is 5.18. The van der Waals surface area contributed by atoms with Crippen LogP contribution in [0.15, 0.2) is 28.7 Å². The fourth-order valence-corrected chi connectivity index (χ4v) is 2.98. The smallest absolute Gasteiger partial charge is 0.238 e. The molecular formula is C16H21N3O2. The van der Waals surface area contributed by atoms with Crippen molar-refractivity contribution in [1.82, 2.24) is 15.5 Å². The van der Waals surface area contributed by atoms with E-state index in [9.17, 15) is 4.79 Å². The van der Waals surface area contributed by atoms with E-state index in [4.69, 9.17) is 4.42 Å². The van der Waals surface area contributed by atoms with Crippen LogP contribution in [0.3, 0.4) is 0 Å². The Morgan fingerprint density at radius 1 is 1.48 bits per heavy atom. The molecule has 1 aliphatic rings. The average molecular weight is 287 g/mol. The molecular weight excluding hydrogens is 266 g/mol. The zero-order valence-corrected chi connectivity index (χ0v) is 12.5. The molecule has 1 fully saturated rings. The lowest BCUT2D eigenvalue weighted by Gasteiger charge is -2.34. The summed E-state index contributed by atoms with van der Waals surface area (Å²) in [6, 6.07) is 7.94. The van der Waals surface area contributed by atoms with Gasteiger partial charge in [-0.15, -0.1) is 0 Å². The molecule has 21 heavy (non-hydrogen) atoms. The van der Waals surface area contributed by atoms with Crippen molar-refractivity contribution >= 4 is 16.9 Å². The number of benzene rings is 1. The van der Waals surface area contributed by atoms with E-state index in [0.29, 0.717) is 6.54 Å². The predicted molar refractivity (Wildman–Crippen MR) is 82.1 cm³/mol. The van der Waals surface area contributed by atoms with Gasteiger partial charge >= 0.3 is 0 Å². The maximum atomic E-state index is 12.0. The van der Waals surface area contributed by atoms with Crippen molar-refractivity contribution in [2.75, 3.05) is 26.7 Å². The summed E-state index contributed by atoms with van der Waals surface area (Å²) in [4.78, 5) is 14.3. The lowest BCUT2D eigenvalue weighted by atomic mass is 10.1. The van der Waals surface area contributed by atoms with Crippen LogP contribution in [0.4, 0.5) is 0 Å². The SMILES string of the molecule is CNC(=O)C1CNCCN1Cc1c(C)oc2ccccc12. The third-order valence-electron chi connectivity index (χ3n) is 4.16. The van der Waals surface area contributed by atoms with Gasteiger partial charge in [0.1, 0.15) is 17.4 Å². The summed E-state index contributed by atoms with van der Waals surface area (Å²) in [5, 5.41) is 7.18. The molecule has 1 saturated heterocycles. The van der Waals surface area contributed by atoms with Crippen LogP contribution in [0, 0.1) is 6.92 Å². The van der Waals surface area contributed by atoms with Gasteiger partial charge in [0.25, 0.3) is 0 Å². The predicted octanol–water partition coefficient (Wildman–Crippen LogP) is 1.26. The van der Waals surface area contributed by atoms with Crippen LogP contribution in [0.5, 0.6) is 0 Å². The van der Waals surface area contributed by atoms with Gasteiger partial charge in [-0.1, -0.05) is 18.2 Å². The van der Waals surface area contributed by atoms with E-state index in [2.05, 4.69) is 21.6 Å². The lowest BCUT2D eigenvalue weighted by Crippen LogP contribution is -2.56. The summed E-state index contributed by atoms with van der Waals surface area (Å²) >= 11 is 0. The van der Waals surface area contributed by atoms with Gasteiger partial charge in [-0.25, -0.2) is 0 Å². The molecule has 2 heterocycles. The molecule has 0 saturated carbocycles. The van der Waals surface area contributed by atoms with Crippen molar-refractivity contribution in [3.63, 3.8) is 0 Å². The van der Waals surface area contributed by atoms with E-state index in [1.807, 2.05) is 25.1 Å². The molecule has 1 amide bonds. The number of piperazine rings is 1. The molecule has 1 atom stereocenters. The number of hydrogen-bond acceptors (Lipinski definition) is 4. The Bertz CT molecular complexity index is 650. The van der Waals surface area contributed by atoms with Crippen molar-refractivity contribution in [3.8, 4) is 0 Å². The van der Waals surface area contributed by atoms with Crippen molar-refractivity contribution < 1.29 is 9.21 Å². The number of amides is 1. The molecule has 2 N–H and O–H groups in total. The zero-order valence-electron chi connectivity index (χ0n) is 12.5. The van der Waals surface area contributed by atoms with Gasteiger partial charge < -0.3 is 15.1 Å². The number of aryl methyl sites for hydroxylation is 1. The Balaban J connectivity index is 1.89. The molecule has 0 aliphatic carbocycles. The van der Waals surface area contributed by atoms with Gasteiger partial charge in [-0.2, -0.15) is 0 Å². The first-order valence-electron chi connectivity index (χ1n) is 7.34. The maximum Gasteiger partial charge on any atom is 0.238 e. The Morgan fingerprint density at radius 3 is 3.10 bits per heavy atom. The number of fused-ring (bicyclic) bond motifs is 1. The molecule has 1 unspecified atom stereocenters. The number of furan rings is 1. The second-order valence-electron chi connectivity index (χ2n) is 5.44. The summed E-state index contributed by atoms with van der Waals surface area (Å²) in [5.74, 6) is 0.998.